The van der Waals surface area contributed by atoms with Crippen LogP contribution in [0.3, 0.4) is 0 Å². The van der Waals surface area contributed by atoms with Crippen LogP contribution in [-0.4, -0.2) is 30.7 Å². The van der Waals surface area contributed by atoms with Crippen LogP contribution in [0.25, 0.3) is 0 Å². The van der Waals surface area contributed by atoms with Gasteiger partial charge in [-0.25, -0.2) is 0 Å². The summed E-state index contributed by atoms with van der Waals surface area (Å²) in [5.74, 6) is 0.898. The van der Waals surface area contributed by atoms with E-state index in [9.17, 15) is 0 Å². The van der Waals surface area contributed by atoms with Crippen LogP contribution in [-0.2, 0) is 0 Å². The molecule has 3 nitrogen and oxygen atoms in total. The summed E-state index contributed by atoms with van der Waals surface area (Å²) in [6.45, 7) is 1.04. The van der Waals surface area contributed by atoms with Crippen molar-refractivity contribution in [3.63, 3.8) is 0 Å². The first-order valence-electron chi connectivity index (χ1n) is 5.88. The van der Waals surface area contributed by atoms with Gasteiger partial charge in [0, 0.05) is 13.6 Å². The maximum absolute atomic E-state index is 5.33. The molecule has 1 heterocycles. The molecule has 1 atom stereocenters. The minimum atomic E-state index is 0.404. The average Bonchev–Trinajstić information content (AvgIpc) is 2.87. The van der Waals surface area contributed by atoms with Gasteiger partial charge >= 0.3 is 0 Å². The van der Waals surface area contributed by atoms with Gasteiger partial charge in [-0.15, -0.1) is 0 Å². The minimum absolute atomic E-state index is 0.404. The molecule has 4 heteroatoms. The quantitative estimate of drug-likeness (QED) is 0.814. The molecular weight excluding hydrogens is 232 g/mol. The Hall–Kier alpha value is -1.29. The summed E-state index contributed by atoms with van der Waals surface area (Å²) < 4.78 is 5.18. The van der Waals surface area contributed by atoms with Gasteiger partial charge in [-0.05, 0) is 42.8 Å². The summed E-state index contributed by atoms with van der Waals surface area (Å²) in [7, 11) is 3.57. The summed E-state index contributed by atoms with van der Waals surface area (Å²) in [5, 5.41) is 3.90. The fourth-order valence-corrected chi connectivity index (χ4v) is 2.54. The second-order valence-electron chi connectivity index (χ2n) is 4.18. The molecule has 1 aromatic rings. The highest BCUT2D eigenvalue weighted by Crippen LogP contribution is 2.32. The molecule has 1 N–H and O–H groups in total. The van der Waals surface area contributed by atoms with Crippen LogP contribution in [0.4, 0.5) is 0 Å². The second-order valence-corrected chi connectivity index (χ2v) is 4.57. The molecule has 1 fully saturated rings. The molecule has 1 aliphatic rings. The molecule has 0 spiro atoms. The van der Waals surface area contributed by atoms with Crippen LogP contribution in [0.2, 0.25) is 0 Å². The number of hydrogen-bond acceptors (Lipinski definition) is 2. The first-order chi connectivity index (χ1) is 8.26. The van der Waals surface area contributed by atoms with Crippen LogP contribution in [0, 0.1) is 0 Å². The van der Waals surface area contributed by atoms with Gasteiger partial charge in [0.15, 0.2) is 5.11 Å². The summed E-state index contributed by atoms with van der Waals surface area (Å²) >= 11 is 5.33. The highest BCUT2D eigenvalue weighted by Gasteiger charge is 2.27. The number of likely N-dealkylation sites (tertiary alicyclic amines) is 1. The van der Waals surface area contributed by atoms with E-state index >= 15 is 0 Å². The Balaban J connectivity index is 2.17. The molecule has 0 aromatic heterocycles. The number of ether oxygens (including phenoxy) is 1. The van der Waals surface area contributed by atoms with Crippen molar-refractivity contribution < 1.29 is 4.74 Å². The van der Waals surface area contributed by atoms with E-state index in [0.717, 1.165) is 23.8 Å². The van der Waals surface area contributed by atoms with E-state index < -0.39 is 0 Å². The second kappa shape index (κ2) is 5.36. The fourth-order valence-electron chi connectivity index (χ4n) is 2.33. The maximum Gasteiger partial charge on any atom is 0.169 e. The third-order valence-electron chi connectivity index (χ3n) is 3.23. The van der Waals surface area contributed by atoms with Gasteiger partial charge in [-0.1, -0.05) is 12.1 Å². The lowest BCUT2D eigenvalue weighted by molar-refractivity contribution is 0.394. The van der Waals surface area contributed by atoms with Crippen molar-refractivity contribution in [2.45, 2.75) is 18.9 Å². The van der Waals surface area contributed by atoms with Gasteiger partial charge < -0.3 is 15.0 Å². The molecule has 0 amide bonds. The molecule has 0 bridgehead atoms. The third-order valence-corrected chi connectivity index (χ3v) is 3.67. The van der Waals surface area contributed by atoms with Gasteiger partial charge in [-0.3, -0.25) is 0 Å². The van der Waals surface area contributed by atoms with Crippen LogP contribution < -0.4 is 10.1 Å². The molecule has 0 radical (unpaired) electrons. The van der Waals surface area contributed by atoms with Crippen LogP contribution >= 0.6 is 12.2 Å². The molecule has 1 aromatic carbocycles. The van der Waals surface area contributed by atoms with E-state index in [-0.39, 0.29) is 0 Å². The van der Waals surface area contributed by atoms with Crippen molar-refractivity contribution >= 4 is 17.3 Å². The topological polar surface area (TPSA) is 24.5 Å². The first-order valence-corrected chi connectivity index (χ1v) is 6.29. The summed E-state index contributed by atoms with van der Waals surface area (Å²) in [6, 6.07) is 8.67. The van der Waals surface area contributed by atoms with Gasteiger partial charge in [0.1, 0.15) is 5.75 Å². The zero-order valence-electron chi connectivity index (χ0n) is 10.3. The first kappa shape index (κ1) is 12.2. The normalized spacial score (nSPS) is 19.2. The van der Waals surface area contributed by atoms with E-state index in [1.807, 2.05) is 19.2 Å². The number of benzene rings is 1. The molecule has 1 aliphatic heterocycles. The Kier molecular flexibility index (Phi) is 3.84. The summed E-state index contributed by atoms with van der Waals surface area (Å²) in [5.41, 5.74) is 1.31. The highest BCUT2D eigenvalue weighted by atomic mass is 32.1. The standard InChI is InChI=1S/C13H18N2OS/c1-14-13(17)15-9-3-4-12(15)10-5-7-11(16-2)8-6-10/h5-8,12H,3-4,9H2,1-2H3,(H,14,17)/t12-/m1/s1. The molecule has 0 saturated carbocycles. The SMILES string of the molecule is CNC(=S)N1CCC[C@@H]1c1ccc(OC)cc1. The number of nitrogens with one attached hydrogen (secondary N) is 1. The molecule has 92 valence electrons. The smallest absolute Gasteiger partial charge is 0.169 e. The van der Waals surface area contributed by atoms with Crippen LogP contribution in [0.1, 0.15) is 24.4 Å². The Labute approximate surface area is 108 Å². The highest BCUT2D eigenvalue weighted by molar-refractivity contribution is 7.80. The predicted molar refractivity (Wildman–Crippen MR) is 73.3 cm³/mol. The Morgan fingerprint density at radius 3 is 2.71 bits per heavy atom. The van der Waals surface area contributed by atoms with E-state index in [0.29, 0.717) is 6.04 Å². The van der Waals surface area contributed by atoms with Crippen molar-refractivity contribution in [3.05, 3.63) is 29.8 Å². The number of hydrogen-bond donors (Lipinski definition) is 1. The lowest BCUT2D eigenvalue weighted by Gasteiger charge is -2.27. The van der Waals surface area contributed by atoms with Gasteiger partial charge in [-0.2, -0.15) is 0 Å². The lowest BCUT2D eigenvalue weighted by Crippen LogP contribution is -2.37. The van der Waals surface area contributed by atoms with Crippen LogP contribution in [0.15, 0.2) is 24.3 Å². The van der Waals surface area contributed by atoms with E-state index in [1.54, 1.807) is 7.11 Å². The van der Waals surface area contributed by atoms with Crippen molar-refractivity contribution in [1.82, 2.24) is 10.2 Å². The van der Waals surface area contributed by atoms with E-state index in [2.05, 4.69) is 22.3 Å². The molecule has 17 heavy (non-hydrogen) atoms. The Morgan fingerprint density at radius 2 is 2.12 bits per heavy atom. The molecule has 0 aliphatic carbocycles. The molecule has 2 rings (SSSR count). The average molecular weight is 250 g/mol. The van der Waals surface area contributed by atoms with Crippen LogP contribution in [0.5, 0.6) is 5.75 Å². The Morgan fingerprint density at radius 1 is 1.41 bits per heavy atom. The lowest BCUT2D eigenvalue weighted by atomic mass is 10.0. The predicted octanol–water partition coefficient (Wildman–Crippen LogP) is 2.34. The zero-order chi connectivity index (χ0) is 12.3. The largest absolute Gasteiger partial charge is 0.497 e. The van der Waals surface area contributed by atoms with Crippen molar-refractivity contribution in [2.24, 2.45) is 0 Å². The number of nitrogens with zero attached hydrogens (tertiary/aromatic N) is 1. The summed E-state index contributed by atoms with van der Waals surface area (Å²) in [4.78, 5) is 2.26. The Bertz CT molecular complexity index is 391. The van der Waals surface area contributed by atoms with Gasteiger partial charge in [0.05, 0.1) is 13.2 Å². The fraction of sp³-hybridized carbons (Fsp3) is 0.462. The third kappa shape index (κ3) is 2.52. The summed E-state index contributed by atoms with van der Waals surface area (Å²) in [6.07, 6.45) is 2.35. The van der Waals surface area contributed by atoms with E-state index in [1.165, 1.54) is 12.0 Å². The van der Waals surface area contributed by atoms with Crippen molar-refractivity contribution in [1.29, 1.82) is 0 Å². The number of methoxy groups -OCH3 is 1. The molecular formula is C13H18N2OS. The number of rotatable bonds is 2. The van der Waals surface area contributed by atoms with E-state index in [4.69, 9.17) is 17.0 Å². The van der Waals surface area contributed by atoms with Crippen molar-refractivity contribution in [3.8, 4) is 5.75 Å². The minimum Gasteiger partial charge on any atom is -0.497 e. The molecule has 1 saturated heterocycles. The van der Waals surface area contributed by atoms with Gasteiger partial charge in [0.25, 0.3) is 0 Å². The zero-order valence-corrected chi connectivity index (χ0v) is 11.1. The van der Waals surface area contributed by atoms with Gasteiger partial charge in [0.2, 0.25) is 0 Å². The monoisotopic (exact) mass is 250 g/mol. The number of thiocarbonyl (C=S) groups is 1. The van der Waals surface area contributed by atoms with Crippen molar-refractivity contribution in [2.75, 3.05) is 20.7 Å². The molecule has 0 unspecified atom stereocenters. The maximum atomic E-state index is 5.33.